The van der Waals surface area contributed by atoms with E-state index in [0.29, 0.717) is 10.0 Å². The Kier molecular flexibility index (Phi) is 7.14. The number of hydrogen-bond acceptors (Lipinski definition) is 4. The quantitative estimate of drug-likeness (QED) is 0.315. The van der Waals surface area contributed by atoms with Crippen LogP contribution in [0.3, 0.4) is 0 Å². The molecule has 2 aromatic carbocycles. The van der Waals surface area contributed by atoms with Crippen molar-refractivity contribution >= 4 is 81.5 Å². The summed E-state index contributed by atoms with van der Waals surface area (Å²) in [5.41, 5.74) is 0.346. The third-order valence-corrected chi connectivity index (χ3v) is 6.67. The molecule has 10 heteroatoms. The molecule has 0 N–H and O–H groups in total. The Morgan fingerprint density at radius 1 is 0.759 bits per heavy atom. The summed E-state index contributed by atoms with van der Waals surface area (Å²) in [6, 6.07) is 8.85. The lowest BCUT2D eigenvalue weighted by atomic mass is 10.2. The molecule has 0 saturated heterocycles. The zero-order valence-corrected chi connectivity index (χ0v) is 19.0. The molecule has 0 spiro atoms. The summed E-state index contributed by atoms with van der Waals surface area (Å²) in [6.45, 7) is -0.122. The van der Waals surface area contributed by atoms with Crippen LogP contribution in [0.5, 0.6) is 0 Å². The van der Waals surface area contributed by atoms with E-state index in [9.17, 15) is 9.59 Å². The molecule has 154 valence electrons. The number of esters is 2. The highest BCUT2D eigenvalue weighted by atomic mass is 35.5. The average molecular weight is 517 g/mol. The van der Waals surface area contributed by atoms with Crippen LogP contribution in [0, 0.1) is 11.8 Å². The molecular formula is C19H12Cl6O4. The number of alkyl halides is 2. The van der Waals surface area contributed by atoms with Crippen LogP contribution in [0.1, 0.15) is 20.7 Å². The highest BCUT2D eigenvalue weighted by molar-refractivity contribution is 6.51. The van der Waals surface area contributed by atoms with Gasteiger partial charge in [0.15, 0.2) is 0 Å². The third kappa shape index (κ3) is 5.25. The van der Waals surface area contributed by atoms with E-state index in [1.165, 1.54) is 36.4 Å². The van der Waals surface area contributed by atoms with Gasteiger partial charge in [-0.2, -0.15) is 0 Å². The Balaban J connectivity index is 1.54. The smallest absolute Gasteiger partial charge is 0.339 e. The molecule has 1 fully saturated rings. The van der Waals surface area contributed by atoms with E-state index >= 15 is 0 Å². The van der Waals surface area contributed by atoms with Gasteiger partial charge in [0.25, 0.3) is 0 Å². The molecule has 2 aromatic rings. The van der Waals surface area contributed by atoms with Crippen LogP contribution < -0.4 is 0 Å². The summed E-state index contributed by atoms with van der Waals surface area (Å²) in [5.74, 6) is -2.08. The minimum atomic E-state index is -1.19. The van der Waals surface area contributed by atoms with Gasteiger partial charge in [0.1, 0.15) is 4.33 Å². The maximum Gasteiger partial charge on any atom is 0.339 e. The molecule has 0 aliphatic heterocycles. The van der Waals surface area contributed by atoms with Crippen molar-refractivity contribution in [1.82, 2.24) is 0 Å². The minimum absolute atomic E-state index is 0.0608. The molecule has 1 aliphatic carbocycles. The van der Waals surface area contributed by atoms with Crippen LogP contribution in [-0.4, -0.2) is 29.5 Å². The first-order valence-corrected chi connectivity index (χ1v) is 10.5. The molecule has 0 unspecified atom stereocenters. The summed E-state index contributed by atoms with van der Waals surface area (Å²) >= 11 is 36.1. The number of benzene rings is 2. The fourth-order valence-electron chi connectivity index (χ4n) is 2.71. The predicted molar refractivity (Wildman–Crippen MR) is 115 cm³/mol. The Bertz CT molecular complexity index is 886. The van der Waals surface area contributed by atoms with Gasteiger partial charge in [-0.25, -0.2) is 9.59 Å². The second-order valence-electron chi connectivity index (χ2n) is 6.33. The van der Waals surface area contributed by atoms with Crippen molar-refractivity contribution in [1.29, 1.82) is 0 Å². The summed E-state index contributed by atoms with van der Waals surface area (Å²) in [4.78, 5) is 24.4. The molecule has 0 radical (unpaired) electrons. The normalized spacial score (nSPS) is 19.5. The van der Waals surface area contributed by atoms with Gasteiger partial charge in [-0.3, -0.25) is 0 Å². The lowest BCUT2D eigenvalue weighted by Gasteiger charge is -2.07. The highest BCUT2D eigenvalue weighted by Crippen LogP contribution is 2.59. The number of carbonyl (C=O) groups excluding carboxylic acids is 2. The van der Waals surface area contributed by atoms with Crippen molar-refractivity contribution < 1.29 is 19.1 Å². The molecule has 0 amide bonds. The van der Waals surface area contributed by atoms with Gasteiger partial charge in [-0.1, -0.05) is 46.4 Å². The number of rotatable bonds is 6. The molecule has 4 nitrogen and oxygen atoms in total. The van der Waals surface area contributed by atoms with E-state index in [1.807, 2.05) is 0 Å². The Labute approximate surface area is 196 Å². The van der Waals surface area contributed by atoms with E-state index in [2.05, 4.69) is 0 Å². The third-order valence-electron chi connectivity index (χ3n) is 4.46. The SMILES string of the molecule is O=C(OC[C@H]1[C@H](COC(=O)c2ccc(Cl)cc2Cl)C1(Cl)Cl)c1ccc(Cl)cc1Cl. The van der Waals surface area contributed by atoms with Gasteiger partial charge in [0.05, 0.1) is 34.4 Å². The highest BCUT2D eigenvalue weighted by Gasteiger charge is 2.64. The van der Waals surface area contributed by atoms with Crippen molar-refractivity contribution in [3.8, 4) is 0 Å². The zero-order chi connectivity index (χ0) is 21.3. The Hall–Kier alpha value is -0.880. The average Bonchev–Trinajstić information content (AvgIpc) is 3.16. The first-order chi connectivity index (χ1) is 13.6. The molecule has 3 rings (SSSR count). The van der Waals surface area contributed by atoms with Crippen molar-refractivity contribution in [3.05, 3.63) is 67.6 Å². The van der Waals surface area contributed by atoms with Crippen molar-refractivity contribution in [2.75, 3.05) is 13.2 Å². The van der Waals surface area contributed by atoms with Crippen LogP contribution in [0.25, 0.3) is 0 Å². The van der Waals surface area contributed by atoms with Crippen LogP contribution in [0.4, 0.5) is 0 Å². The summed E-state index contributed by atoms with van der Waals surface area (Å²) < 4.78 is 9.32. The molecule has 2 atom stereocenters. The van der Waals surface area contributed by atoms with Crippen molar-refractivity contribution in [2.45, 2.75) is 4.33 Å². The van der Waals surface area contributed by atoms with Gasteiger partial charge in [0, 0.05) is 21.9 Å². The van der Waals surface area contributed by atoms with Gasteiger partial charge >= 0.3 is 11.9 Å². The molecule has 0 heterocycles. The van der Waals surface area contributed by atoms with Gasteiger partial charge in [-0.05, 0) is 36.4 Å². The zero-order valence-electron chi connectivity index (χ0n) is 14.4. The maximum atomic E-state index is 12.2. The standard InChI is InChI=1S/C19H12Cl6O4/c20-9-1-3-11(15(22)5-9)17(26)28-7-13-14(19(13,24)25)8-29-18(27)12-4-2-10(21)6-16(12)23/h1-6,13-14H,7-8H2/t13-,14-/m0/s1. The fraction of sp³-hybridized carbons (Fsp3) is 0.263. The molecule has 1 saturated carbocycles. The van der Waals surface area contributed by atoms with E-state index in [1.54, 1.807) is 0 Å². The number of carbonyl (C=O) groups is 2. The minimum Gasteiger partial charge on any atom is -0.462 e. The molecule has 0 bridgehead atoms. The van der Waals surface area contributed by atoms with Crippen LogP contribution in [0.15, 0.2) is 36.4 Å². The van der Waals surface area contributed by atoms with E-state index < -0.39 is 28.1 Å². The molecule has 0 aromatic heterocycles. The second-order valence-corrected chi connectivity index (χ2v) is 9.46. The molecular weight excluding hydrogens is 505 g/mol. The van der Waals surface area contributed by atoms with E-state index in [0.717, 1.165) is 0 Å². The van der Waals surface area contributed by atoms with Crippen LogP contribution in [-0.2, 0) is 9.47 Å². The van der Waals surface area contributed by atoms with Gasteiger partial charge in [-0.15, -0.1) is 23.2 Å². The van der Waals surface area contributed by atoms with Crippen molar-refractivity contribution in [2.24, 2.45) is 11.8 Å². The number of hydrogen-bond donors (Lipinski definition) is 0. The first-order valence-electron chi connectivity index (χ1n) is 8.23. The largest absolute Gasteiger partial charge is 0.462 e. The van der Waals surface area contributed by atoms with Crippen LogP contribution in [0.2, 0.25) is 20.1 Å². The summed E-state index contributed by atoms with van der Waals surface area (Å²) in [7, 11) is 0. The maximum absolute atomic E-state index is 12.2. The lowest BCUT2D eigenvalue weighted by molar-refractivity contribution is 0.0419. The summed E-state index contributed by atoms with van der Waals surface area (Å²) in [5, 5.41) is 1.15. The van der Waals surface area contributed by atoms with Crippen molar-refractivity contribution in [3.63, 3.8) is 0 Å². The second kappa shape index (κ2) is 9.09. The number of halogens is 6. The number of ether oxygens (including phenoxy) is 2. The van der Waals surface area contributed by atoms with E-state index in [-0.39, 0.29) is 34.4 Å². The molecule has 1 aliphatic rings. The van der Waals surface area contributed by atoms with E-state index in [4.69, 9.17) is 79.1 Å². The van der Waals surface area contributed by atoms with Gasteiger partial charge < -0.3 is 9.47 Å². The molecule has 29 heavy (non-hydrogen) atoms. The predicted octanol–water partition coefficient (Wildman–Crippen LogP) is 6.73. The first kappa shape index (κ1) is 22.8. The Morgan fingerprint density at radius 3 is 1.48 bits per heavy atom. The Morgan fingerprint density at radius 2 is 1.14 bits per heavy atom. The monoisotopic (exact) mass is 514 g/mol. The fourth-order valence-corrected chi connectivity index (χ4v) is 4.42. The van der Waals surface area contributed by atoms with Crippen LogP contribution >= 0.6 is 69.6 Å². The van der Waals surface area contributed by atoms with Gasteiger partial charge in [0.2, 0.25) is 0 Å². The lowest BCUT2D eigenvalue weighted by Crippen LogP contribution is -2.12. The topological polar surface area (TPSA) is 52.6 Å². The summed E-state index contributed by atoms with van der Waals surface area (Å²) in [6.07, 6.45) is 0.